The maximum Gasteiger partial charge on any atom is 0.254 e. The molecule has 0 radical (unpaired) electrons. The second-order valence-corrected chi connectivity index (χ2v) is 8.00. The van der Waals surface area contributed by atoms with Gasteiger partial charge in [-0.1, -0.05) is 42.5 Å². The van der Waals surface area contributed by atoms with Crippen molar-refractivity contribution in [1.29, 1.82) is 0 Å². The van der Waals surface area contributed by atoms with Crippen molar-refractivity contribution in [1.82, 2.24) is 20.1 Å². The zero-order chi connectivity index (χ0) is 19.1. The van der Waals surface area contributed by atoms with Crippen LogP contribution in [0.25, 0.3) is 11.4 Å². The predicted octanol–water partition coefficient (Wildman–Crippen LogP) is 4.33. The molecule has 2 aliphatic heterocycles. The number of rotatable bonds is 3. The highest BCUT2D eigenvalue weighted by Crippen LogP contribution is 2.43. The van der Waals surface area contributed by atoms with Gasteiger partial charge in [-0.25, -0.2) is 4.98 Å². The van der Waals surface area contributed by atoms with Crippen molar-refractivity contribution in [3.63, 3.8) is 0 Å². The zero-order valence-corrected chi connectivity index (χ0v) is 16.0. The summed E-state index contributed by atoms with van der Waals surface area (Å²) < 4.78 is 0. The minimum absolute atomic E-state index is 0.164. The molecule has 1 N–H and O–H groups in total. The number of hydrogen-bond acceptors (Lipinski definition) is 3. The number of carbonyl (C=O) groups is 1. The van der Waals surface area contributed by atoms with Gasteiger partial charge in [-0.3, -0.25) is 9.89 Å². The van der Waals surface area contributed by atoms with Gasteiger partial charge in [-0.2, -0.15) is 5.10 Å². The molecule has 0 spiro atoms. The van der Waals surface area contributed by atoms with Crippen molar-refractivity contribution >= 4 is 5.91 Å². The van der Waals surface area contributed by atoms with Gasteiger partial charge < -0.3 is 4.90 Å². The number of benzene rings is 2. The van der Waals surface area contributed by atoms with Crippen LogP contribution in [0.15, 0.2) is 54.6 Å². The first kappa shape index (κ1) is 17.2. The van der Waals surface area contributed by atoms with E-state index in [1.807, 2.05) is 31.2 Å². The number of aromatic amines is 1. The van der Waals surface area contributed by atoms with E-state index in [0.717, 1.165) is 42.6 Å². The van der Waals surface area contributed by atoms with Crippen LogP contribution in [0.2, 0.25) is 0 Å². The summed E-state index contributed by atoms with van der Waals surface area (Å²) in [7, 11) is 0. The lowest BCUT2D eigenvalue weighted by molar-refractivity contribution is 0.0571. The Morgan fingerprint density at radius 1 is 1.00 bits per heavy atom. The standard InChI is InChI=1S/C23H24N4O/c1-15-24-22(26-25-15)17-7-9-18(10-8-17)23(28)27-20-11-12-21(27)14-19(13-20)16-5-3-2-4-6-16/h2-10,19-21H,11-14H2,1H3,(H,24,25,26)/t19?,20-,21+. The summed E-state index contributed by atoms with van der Waals surface area (Å²) in [6.45, 7) is 1.88. The summed E-state index contributed by atoms with van der Waals surface area (Å²) in [6, 6.07) is 19.2. The van der Waals surface area contributed by atoms with E-state index < -0.39 is 0 Å². The van der Waals surface area contributed by atoms with Crippen molar-refractivity contribution in [2.75, 3.05) is 0 Å². The number of fused-ring (bicyclic) bond motifs is 2. The molecule has 142 valence electrons. The summed E-state index contributed by atoms with van der Waals surface area (Å²) >= 11 is 0. The van der Waals surface area contributed by atoms with Crippen LogP contribution in [0.4, 0.5) is 0 Å². The van der Waals surface area contributed by atoms with Crippen LogP contribution in [-0.4, -0.2) is 38.1 Å². The van der Waals surface area contributed by atoms with E-state index in [2.05, 4.69) is 50.4 Å². The van der Waals surface area contributed by atoms with Crippen molar-refractivity contribution in [3.8, 4) is 11.4 Å². The molecule has 3 atom stereocenters. The fraction of sp³-hybridized carbons (Fsp3) is 0.348. The molecule has 1 unspecified atom stereocenters. The summed E-state index contributed by atoms with van der Waals surface area (Å²) in [5, 5.41) is 7.05. The van der Waals surface area contributed by atoms with E-state index in [-0.39, 0.29) is 5.91 Å². The first-order chi connectivity index (χ1) is 13.7. The van der Waals surface area contributed by atoms with Crippen molar-refractivity contribution < 1.29 is 4.79 Å². The van der Waals surface area contributed by atoms with E-state index >= 15 is 0 Å². The number of H-pyrrole nitrogens is 1. The lowest BCUT2D eigenvalue weighted by Gasteiger charge is -2.39. The molecule has 5 rings (SSSR count). The molecule has 3 heterocycles. The van der Waals surface area contributed by atoms with Gasteiger partial charge in [0, 0.05) is 23.2 Å². The maximum atomic E-state index is 13.2. The Morgan fingerprint density at radius 3 is 2.29 bits per heavy atom. The highest BCUT2D eigenvalue weighted by Gasteiger charge is 2.43. The lowest BCUT2D eigenvalue weighted by Crippen LogP contribution is -2.46. The molecular weight excluding hydrogens is 348 g/mol. The summed E-state index contributed by atoms with van der Waals surface area (Å²) in [4.78, 5) is 19.8. The normalized spacial score (nSPS) is 23.8. The second kappa shape index (κ2) is 6.89. The van der Waals surface area contributed by atoms with E-state index in [4.69, 9.17) is 0 Å². The minimum atomic E-state index is 0.164. The van der Waals surface area contributed by atoms with Crippen LogP contribution >= 0.6 is 0 Å². The van der Waals surface area contributed by atoms with Gasteiger partial charge in [0.2, 0.25) is 0 Å². The number of piperidine rings is 1. The molecule has 28 heavy (non-hydrogen) atoms. The van der Waals surface area contributed by atoms with Crippen molar-refractivity contribution in [2.24, 2.45) is 0 Å². The number of nitrogens with zero attached hydrogens (tertiary/aromatic N) is 3. The van der Waals surface area contributed by atoms with E-state index in [9.17, 15) is 4.79 Å². The molecule has 2 saturated heterocycles. The molecule has 5 heteroatoms. The Balaban J connectivity index is 1.33. The van der Waals surface area contributed by atoms with Crippen molar-refractivity contribution in [3.05, 3.63) is 71.5 Å². The van der Waals surface area contributed by atoms with Gasteiger partial charge in [0.05, 0.1) is 0 Å². The molecule has 0 saturated carbocycles. The van der Waals surface area contributed by atoms with Crippen LogP contribution in [0.5, 0.6) is 0 Å². The average molecular weight is 372 g/mol. The van der Waals surface area contributed by atoms with Crippen LogP contribution in [0, 0.1) is 6.92 Å². The molecule has 0 aliphatic carbocycles. The first-order valence-electron chi connectivity index (χ1n) is 10.1. The Hall–Kier alpha value is -2.95. The number of aryl methyl sites for hydroxylation is 1. The van der Waals surface area contributed by atoms with E-state index in [1.54, 1.807) is 0 Å². The Labute approximate surface area is 164 Å². The number of hydrogen-bond donors (Lipinski definition) is 1. The molecule has 2 bridgehead atoms. The highest BCUT2D eigenvalue weighted by atomic mass is 16.2. The maximum absolute atomic E-state index is 13.2. The van der Waals surface area contributed by atoms with Gasteiger partial charge >= 0.3 is 0 Å². The Morgan fingerprint density at radius 2 is 1.68 bits per heavy atom. The number of carbonyl (C=O) groups excluding carboxylic acids is 1. The predicted molar refractivity (Wildman–Crippen MR) is 108 cm³/mol. The molecule has 2 aromatic carbocycles. The van der Waals surface area contributed by atoms with Gasteiger partial charge in [0.15, 0.2) is 5.82 Å². The molecule has 5 nitrogen and oxygen atoms in total. The van der Waals surface area contributed by atoms with Gasteiger partial charge in [0.1, 0.15) is 5.82 Å². The number of amides is 1. The quantitative estimate of drug-likeness (QED) is 0.744. The average Bonchev–Trinajstić information content (AvgIpc) is 3.28. The largest absolute Gasteiger partial charge is 0.333 e. The van der Waals surface area contributed by atoms with E-state index in [1.165, 1.54) is 5.56 Å². The summed E-state index contributed by atoms with van der Waals surface area (Å²) in [5.41, 5.74) is 3.09. The highest BCUT2D eigenvalue weighted by molar-refractivity contribution is 5.95. The number of aromatic nitrogens is 3. The fourth-order valence-electron chi connectivity index (χ4n) is 4.89. The molecule has 1 aromatic heterocycles. The number of nitrogens with one attached hydrogen (secondary N) is 1. The van der Waals surface area contributed by atoms with Crippen molar-refractivity contribution in [2.45, 2.75) is 50.6 Å². The summed E-state index contributed by atoms with van der Waals surface area (Å²) in [6.07, 6.45) is 4.38. The first-order valence-corrected chi connectivity index (χ1v) is 10.1. The summed E-state index contributed by atoms with van der Waals surface area (Å²) in [5.74, 6) is 2.18. The third-order valence-electron chi connectivity index (χ3n) is 6.23. The monoisotopic (exact) mass is 372 g/mol. The third-order valence-corrected chi connectivity index (χ3v) is 6.23. The Kier molecular flexibility index (Phi) is 4.23. The third kappa shape index (κ3) is 3.01. The SMILES string of the molecule is Cc1nc(-c2ccc(C(=O)N3[C@@H]4CC[C@H]3CC(c3ccccc3)C4)cc2)n[nH]1. The lowest BCUT2D eigenvalue weighted by atomic mass is 9.85. The van der Waals surface area contributed by atoms with Crippen LogP contribution in [0.1, 0.15) is 53.3 Å². The van der Waals surface area contributed by atoms with Crippen LogP contribution in [0.3, 0.4) is 0 Å². The second-order valence-electron chi connectivity index (χ2n) is 8.00. The molecular formula is C23H24N4O. The molecule has 1 amide bonds. The van der Waals surface area contributed by atoms with Crippen LogP contribution in [-0.2, 0) is 0 Å². The van der Waals surface area contributed by atoms with Gasteiger partial charge in [-0.05, 0) is 56.2 Å². The molecule has 2 aliphatic rings. The zero-order valence-electron chi connectivity index (χ0n) is 16.0. The molecule has 3 aromatic rings. The van der Waals surface area contributed by atoms with Gasteiger partial charge in [-0.15, -0.1) is 0 Å². The Bertz CT molecular complexity index is 965. The van der Waals surface area contributed by atoms with Gasteiger partial charge in [0.25, 0.3) is 5.91 Å². The fourth-order valence-corrected chi connectivity index (χ4v) is 4.89. The van der Waals surface area contributed by atoms with Crippen LogP contribution < -0.4 is 0 Å². The minimum Gasteiger partial charge on any atom is -0.333 e. The topological polar surface area (TPSA) is 61.9 Å². The molecule has 2 fully saturated rings. The van der Waals surface area contributed by atoms with E-state index in [0.29, 0.717) is 23.8 Å². The smallest absolute Gasteiger partial charge is 0.254 e.